The van der Waals surface area contributed by atoms with Crippen molar-refractivity contribution >= 4 is 17.5 Å². The fraction of sp³-hybridized carbons (Fsp3) is 0.444. The van der Waals surface area contributed by atoms with Gasteiger partial charge in [-0.3, -0.25) is 4.90 Å². The molecule has 1 aliphatic heterocycles. The van der Waals surface area contributed by atoms with Gasteiger partial charge in [-0.15, -0.1) is 0 Å². The van der Waals surface area contributed by atoms with Gasteiger partial charge in [0.1, 0.15) is 11.6 Å². The second-order valence-corrected chi connectivity index (χ2v) is 6.19. The molecule has 0 radical (unpaired) electrons. The van der Waals surface area contributed by atoms with Crippen LogP contribution in [0.1, 0.15) is 30.1 Å². The minimum Gasteiger partial charge on any atom is -0.496 e. The number of hydrogen-bond acceptors (Lipinski definition) is 6. The summed E-state index contributed by atoms with van der Waals surface area (Å²) < 4.78 is 5.57. The van der Waals surface area contributed by atoms with Crippen molar-refractivity contribution in [1.29, 1.82) is 0 Å². The number of anilines is 3. The van der Waals surface area contributed by atoms with Crippen LogP contribution in [0.15, 0.2) is 24.3 Å². The average molecular weight is 327 g/mol. The molecule has 2 heterocycles. The lowest BCUT2D eigenvalue weighted by Gasteiger charge is -2.22. The largest absolute Gasteiger partial charge is 0.496 e. The Morgan fingerprint density at radius 2 is 2.08 bits per heavy atom. The van der Waals surface area contributed by atoms with Crippen LogP contribution in [0.2, 0.25) is 0 Å². The van der Waals surface area contributed by atoms with E-state index < -0.39 is 0 Å². The van der Waals surface area contributed by atoms with Gasteiger partial charge in [0.2, 0.25) is 5.95 Å². The highest BCUT2D eigenvalue weighted by molar-refractivity contribution is 5.59. The van der Waals surface area contributed by atoms with Gasteiger partial charge in [-0.2, -0.15) is 4.98 Å². The first-order chi connectivity index (χ1) is 11.6. The summed E-state index contributed by atoms with van der Waals surface area (Å²) in [5, 5.41) is 6.37. The molecular formula is C18H25N5O. The number of aromatic nitrogens is 2. The molecule has 0 saturated carbocycles. The van der Waals surface area contributed by atoms with E-state index in [0.29, 0.717) is 12.0 Å². The summed E-state index contributed by atoms with van der Waals surface area (Å²) in [4.78, 5) is 11.3. The highest BCUT2D eigenvalue weighted by Gasteiger charge is 2.25. The van der Waals surface area contributed by atoms with Crippen molar-refractivity contribution in [2.45, 2.75) is 25.8 Å². The maximum absolute atomic E-state index is 5.57. The third-order valence-corrected chi connectivity index (χ3v) is 4.48. The Bertz CT molecular complexity index is 719. The van der Waals surface area contributed by atoms with Gasteiger partial charge in [0.25, 0.3) is 0 Å². The van der Waals surface area contributed by atoms with Crippen LogP contribution in [0.3, 0.4) is 0 Å². The lowest BCUT2D eigenvalue weighted by Crippen LogP contribution is -2.18. The van der Waals surface area contributed by atoms with Crippen molar-refractivity contribution in [1.82, 2.24) is 14.9 Å². The maximum Gasteiger partial charge on any atom is 0.229 e. The normalized spacial score (nSPS) is 17.8. The summed E-state index contributed by atoms with van der Waals surface area (Å²) in [5.74, 6) is 2.32. The Kier molecular flexibility index (Phi) is 4.85. The fourth-order valence-electron chi connectivity index (χ4n) is 3.26. The zero-order valence-electron chi connectivity index (χ0n) is 14.8. The molecule has 24 heavy (non-hydrogen) atoms. The van der Waals surface area contributed by atoms with Gasteiger partial charge in [-0.25, -0.2) is 4.98 Å². The molecule has 0 aliphatic carbocycles. The van der Waals surface area contributed by atoms with Gasteiger partial charge in [-0.05, 0) is 51.6 Å². The predicted octanol–water partition coefficient (Wildman–Crippen LogP) is 3.35. The second kappa shape index (κ2) is 7.05. The third kappa shape index (κ3) is 3.43. The summed E-state index contributed by atoms with van der Waals surface area (Å²) in [7, 11) is 5.75. The number of benzene rings is 1. The van der Waals surface area contributed by atoms with Gasteiger partial charge < -0.3 is 15.4 Å². The van der Waals surface area contributed by atoms with Crippen LogP contribution in [0.5, 0.6) is 5.75 Å². The van der Waals surface area contributed by atoms with Crippen molar-refractivity contribution in [3.05, 3.63) is 35.5 Å². The topological polar surface area (TPSA) is 62.3 Å². The molecule has 6 heteroatoms. The van der Waals surface area contributed by atoms with E-state index in [9.17, 15) is 0 Å². The van der Waals surface area contributed by atoms with Crippen LogP contribution in [0.4, 0.5) is 17.5 Å². The summed E-state index contributed by atoms with van der Waals surface area (Å²) in [6, 6.07) is 8.47. The zero-order valence-corrected chi connectivity index (χ0v) is 14.8. The molecule has 0 bridgehead atoms. The molecular weight excluding hydrogens is 302 g/mol. The number of nitrogens with one attached hydrogen (secondary N) is 2. The second-order valence-electron chi connectivity index (χ2n) is 6.19. The first kappa shape index (κ1) is 16.5. The Morgan fingerprint density at radius 3 is 2.75 bits per heavy atom. The minimum atomic E-state index is 0.396. The van der Waals surface area contributed by atoms with Crippen molar-refractivity contribution in [3.8, 4) is 5.75 Å². The summed E-state index contributed by atoms with van der Waals surface area (Å²) in [6.07, 6.45) is 2.37. The van der Waals surface area contributed by atoms with Crippen LogP contribution < -0.4 is 15.4 Å². The van der Waals surface area contributed by atoms with Gasteiger partial charge in [0.05, 0.1) is 7.11 Å². The SMILES string of the molecule is CNc1cc(C)nc(Nc2ccc(OC)c(C3CCCN3C)c2)n1. The number of nitrogens with zero attached hydrogens (tertiary/aromatic N) is 3. The van der Waals surface area contributed by atoms with Crippen LogP contribution in [0, 0.1) is 6.92 Å². The standard InChI is InChI=1S/C18H25N5O/c1-12-10-17(19-2)22-18(20-12)21-13-7-8-16(24-4)14(11-13)15-6-5-9-23(15)3/h7-8,10-11,15H,5-6,9H2,1-4H3,(H2,19,20,21,22). The Balaban J connectivity index is 1.90. The zero-order chi connectivity index (χ0) is 17.1. The molecule has 128 valence electrons. The first-order valence-corrected chi connectivity index (χ1v) is 8.29. The Morgan fingerprint density at radius 1 is 1.25 bits per heavy atom. The molecule has 1 saturated heterocycles. The number of hydrogen-bond donors (Lipinski definition) is 2. The van der Waals surface area contributed by atoms with Crippen molar-refractivity contribution < 1.29 is 4.74 Å². The fourth-order valence-corrected chi connectivity index (χ4v) is 3.26. The van der Waals surface area contributed by atoms with E-state index in [1.54, 1.807) is 7.11 Å². The number of rotatable bonds is 5. The van der Waals surface area contributed by atoms with Gasteiger partial charge >= 0.3 is 0 Å². The first-order valence-electron chi connectivity index (χ1n) is 8.29. The molecule has 1 aromatic carbocycles. The number of methoxy groups -OCH3 is 1. The maximum atomic E-state index is 5.57. The van der Waals surface area contributed by atoms with E-state index in [0.717, 1.165) is 35.9 Å². The summed E-state index contributed by atoms with van der Waals surface area (Å²) in [5.41, 5.74) is 3.10. The number of aryl methyl sites for hydroxylation is 1. The van der Waals surface area contributed by atoms with Crippen molar-refractivity contribution in [3.63, 3.8) is 0 Å². The predicted molar refractivity (Wildman–Crippen MR) is 97.2 cm³/mol. The molecule has 2 aromatic rings. The van der Waals surface area contributed by atoms with E-state index in [2.05, 4.69) is 38.6 Å². The molecule has 6 nitrogen and oxygen atoms in total. The smallest absolute Gasteiger partial charge is 0.229 e. The Hall–Kier alpha value is -2.34. The molecule has 2 N–H and O–H groups in total. The van der Waals surface area contributed by atoms with Crippen LogP contribution in [-0.4, -0.2) is 42.6 Å². The monoisotopic (exact) mass is 327 g/mol. The van der Waals surface area contributed by atoms with Crippen molar-refractivity contribution in [2.24, 2.45) is 0 Å². The Labute approximate surface area is 143 Å². The number of ether oxygens (including phenoxy) is 1. The van der Waals surface area contributed by atoms with Crippen LogP contribution in [-0.2, 0) is 0 Å². The van der Waals surface area contributed by atoms with E-state index in [1.807, 2.05) is 32.2 Å². The van der Waals surface area contributed by atoms with Crippen LogP contribution >= 0.6 is 0 Å². The van der Waals surface area contributed by atoms with Crippen LogP contribution in [0.25, 0.3) is 0 Å². The lowest BCUT2D eigenvalue weighted by atomic mass is 10.0. The molecule has 1 aromatic heterocycles. The highest BCUT2D eigenvalue weighted by Crippen LogP contribution is 2.37. The molecule has 0 amide bonds. The van der Waals surface area contributed by atoms with Gasteiger partial charge in [0, 0.05) is 36.1 Å². The van der Waals surface area contributed by atoms with Crippen molar-refractivity contribution in [2.75, 3.05) is 38.4 Å². The van der Waals surface area contributed by atoms with E-state index in [1.165, 1.54) is 12.0 Å². The minimum absolute atomic E-state index is 0.396. The highest BCUT2D eigenvalue weighted by atomic mass is 16.5. The molecule has 0 spiro atoms. The summed E-state index contributed by atoms with van der Waals surface area (Å²) in [6.45, 7) is 3.08. The van der Waals surface area contributed by atoms with Gasteiger partial charge in [-0.1, -0.05) is 0 Å². The quantitative estimate of drug-likeness (QED) is 0.878. The van der Waals surface area contributed by atoms with E-state index >= 15 is 0 Å². The average Bonchev–Trinajstić information content (AvgIpc) is 3.00. The lowest BCUT2D eigenvalue weighted by molar-refractivity contribution is 0.305. The van der Waals surface area contributed by atoms with Gasteiger partial charge in [0.15, 0.2) is 0 Å². The molecule has 1 atom stereocenters. The third-order valence-electron chi connectivity index (χ3n) is 4.48. The van der Waals surface area contributed by atoms with E-state index in [4.69, 9.17) is 4.74 Å². The molecule has 1 fully saturated rings. The summed E-state index contributed by atoms with van der Waals surface area (Å²) >= 11 is 0. The van der Waals surface area contributed by atoms with E-state index in [-0.39, 0.29) is 0 Å². The molecule has 3 rings (SSSR count). The molecule has 1 aliphatic rings. The number of likely N-dealkylation sites (tertiary alicyclic amines) is 1. The molecule has 1 unspecified atom stereocenters.